The van der Waals surface area contributed by atoms with Crippen LogP contribution in [0.15, 0.2) is 24.5 Å². The first-order valence-electron chi connectivity index (χ1n) is 6.31. The first kappa shape index (κ1) is 11.8. The molecule has 1 fully saturated rings. The van der Waals surface area contributed by atoms with Crippen LogP contribution < -0.4 is 0 Å². The standard InChI is InChI=1S/C13H14N4O2/c18-13(19)11-12(10-3-4-10)17(16-15-11)7-5-9-2-1-6-14-8-9/h1-2,6,8,10H,3-5,7H2,(H,18,19). The van der Waals surface area contributed by atoms with Crippen LogP contribution in [0.5, 0.6) is 0 Å². The van der Waals surface area contributed by atoms with Gasteiger partial charge in [0.25, 0.3) is 0 Å². The Morgan fingerprint density at radius 2 is 2.32 bits per heavy atom. The Hall–Kier alpha value is -2.24. The van der Waals surface area contributed by atoms with Crippen LogP contribution in [0.4, 0.5) is 0 Å². The van der Waals surface area contributed by atoms with Gasteiger partial charge in [0.05, 0.1) is 5.69 Å². The number of nitrogens with zero attached hydrogens (tertiary/aromatic N) is 4. The zero-order valence-electron chi connectivity index (χ0n) is 10.4. The fourth-order valence-corrected chi connectivity index (χ4v) is 2.18. The van der Waals surface area contributed by atoms with Crippen molar-refractivity contribution in [2.24, 2.45) is 0 Å². The van der Waals surface area contributed by atoms with Crippen molar-refractivity contribution in [3.05, 3.63) is 41.5 Å². The summed E-state index contributed by atoms with van der Waals surface area (Å²) in [5.74, 6) is -0.676. The Kier molecular flexibility index (Phi) is 2.98. The number of pyridine rings is 1. The van der Waals surface area contributed by atoms with Gasteiger partial charge in [-0.1, -0.05) is 11.3 Å². The second-order valence-electron chi connectivity index (χ2n) is 4.74. The third-order valence-corrected chi connectivity index (χ3v) is 3.28. The van der Waals surface area contributed by atoms with Crippen LogP contribution in [0.1, 0.15) is 40.5 Å². The minimum absolute atomic E-state index is 0.105. The van der Waals surface area contributed by atoms with E-state index in [2.05, 4.69) is 15.3 Å². The van der Waals surface area contributed by atoms with Gasteiger partial charge in [-0.15, -0.1) is 5.10 Å². The predicted octanol–water partition coefficient (Wildman–Crippen LogP) is 1.49. The van der Waals surface area contributed by atoms with Gasteiger partial charge in [-0.25, -0.2) is 9.48 Å². The number of carbonyl (C=O) groups is 1. The summed E-state index contributed by atoms with van der Waals surface area (Å²) >= 11 is 0. The first-order chi connectivity index (χ1) is 9.25. The number of aryl methyl sites for hydroxylation is 2. The SMILES string of the molecule is O=C(O)c1nnn(CCc2cccnc2)c1C1CC1. The Morgan fingerprint density at radius 3 is 2.95 bits per heavy atom. The third-order valence-electron chi connectivity index (χ3n) is 3.28. The van der Waals surface area contributed by atoms with E-state index in [4.69, 9.17) is 5.11 Å². The summed E-state index contributed by atoms with van der Waals surface area (Å²) in [5.41, 5.74) is 1.99. The minimum Gasteiger partial charge on any atom is -0.476 e. The van der Waals surface area contributed by atoms with Crippen LogP contribution in [-0.4, -0.2) is 31.1 Å². The normalized spacial score (nSPS) is 14.5. The molecule has 0 bridgehead atoms. The molecule has 0 spiro atoms. The average Bonchev–Trinajstić information content (AvgIpc) is 3.17. The smallest absolute Gasteiger partial charge is 0.358 e. The summed E-state index contributed by atoms with van der Waals surface area (Å²) in [6, 6.07) is 3.89. The quantitative estimate of drug-likeness (QED) is 0.878. The van der Waals surface area contributed by atoms with Gasteiger partial charge in [0.15, 0.2) is 5.69 Å². The zero-order valence-corrected chi connectivity index (χ0v) is 10.4. The highest BCUT2D eigenvalue weighted by molar-refractivity contribution is 5.86. The van der Waals surface area contributed by atoms with Crippen LogP contribution in [0.2, 0.25) is 0 Å². The summed E-state index contributed by atoms with van der Waals surface area (Å²) < 4.78 is 1.73. The topological polar surface area (TPSA) is 80.9 Å². The molecule has 1 aliphatic carbocycles. The van der Waals surface area contributed by atoms with Crippen molar-refractivity contribution >= 4 is 5.97 Å². The van der Waals surface area contributed by atoms with Gasteiger partial charge in [0.1, 0.15) is 0 Å². The van der Waals surface area contributed by atoms with Crippen molar-refractivity contribution in [3.63, 3.8) is 0 Å². The van der Waals surface area contributed by atoms with Gasteiger partial charge in [0, 0.05) is 24.9 Å². The second kappa shape index (κ2) is 4.79. The number of hydrogen-bond acceptors (Lipinski definition) is 4. The van der Waals surface area contributed by atoms with E-state index in [1.54, 1.807) is 10.9 Å². The van der Waals surface area contributed by atoms with Crippen LogP contribution in [0.3, 0.4) is 0 Å². The van der Waals surface area contributed by atoms with Crippen molar-refractivity contribution in [2.45, 2.75) is 31.7 Å². The number of rotatable bonds is 5. The van der Waals surface area contributed by atoms with E-state index >= 15 is 0 Å². The third kappa shape index (κ3) is 2.47. The summed E-state index contributed by atoms with van der Waals surface area (Å²) in [5, 5.41) is 16.9. The molecular formula is C13H14N4O2. The van der Waals surface area contributed by atoms with Crippen molar-refractivity contribution in [2.75, 3.05) is 0 Å². The van der Waals surface area contributed by atoms with Crippen molar-refractivity contribution < 1.29 is 9.90 Å². The highest BCUT2D eigenvalue weighted by Crippen LogP contribution is 2.41. The molecule has 0 atom stereocenters. The summed E-state index contributed by atoms with van der Waals surface area (Å²) in [6.07, 6.45) is 6.38. The molecule has 6 nitrogen and oxygen atoms in total. The molecule has 0 radical (unpaired) electrons. The van der Waals surface area contributed by atoms with Gasteiger partial charge in [-0.3, -0.25) is 4.98 Å². The van der Waals surface area contributed by atoms with Gasteiger partial charge in [-0.2, -0.15) is 0 Å². The lowest BCUT2D eigenvalue weighted by Gasteiger charge is -2.05. The maximum atomic E-state index is 11.1. The highest BCUT2D eigenvalue weighted by Gasteiger charge is 2.33. The average molecular weight is 258 g/mol. The van der Waals surface area contributed by atoms with Crippen molar-refractivity contribution in [1.29, 1.82) is 0 Å². The van der Waals surface area contributed by atoms with Crippen LogP contribution >= 0.6 is 0 Å². The number of aromatic nitrogens is 4. The van der Waals surface area contributed by atoms with Crippen LogP contribution in [-0.2, 0) is 13.0 Å². The van der Waals surface area contributed by atoms with Gasteiger partial charge < -0.3 is 5.11 Å². The zero-order chi connectivity index (χ0) is 13.2. The molecule has 6 heteroatoms. The Bertz CT molecular complexity index is 590. The molecular weight excluding hydrogens is 244 g/mol. The molecule has 1 saturated carbocycles. The van der Waals surface area contributed by atoms with E-state index in [1.807, 2.05) is 18.3 Å². The molecule has 0 saturated heterocycles. The number of hydrogen-bond donors (Lipinski definition) is 1. The molecule has 2 aromatic rings. The van der Waals surface area contributed by atoms with Crippen LogP contribution in [0, 0.1) is 0 Å². The molecule has 0 amide bonds. The lowest BCUT2D eigenvalue weighted by atomic mass is 10.2. The lowest BCUT2D eigenvalue weighted by Crippen LogP contribution is -2.09. The van der Waals surface area contributed by atoms with Gasteiger partial charge in [-0.05, 0) is 30.9 Å². The van der Waals surface area contributed by atoms with E-state index in [0.29, 0.717) is 12.5 Å². The summed E-state index contributed by atoms with van der Waals surface area (Å²) in [7, 11) is 0. The monoisotopic (exact) mass is 258 g/mol. The molecule has 1 N–H and O–H groups in total. The molecule has 0 aliphatic heterocycles. The van der Waals surface area contributed by atoms with E-state index in [9.17, 15) is 4.79 Å². The largest absolute Gasteiger partial charge is 0.476 e. The fourth-order valence-electron chi connectivity index (χ4n) is 2.18. The molecule has 98 valence electrons. The van der Waals surface area contributed by atoms with Crippen LogP contribution in [0.25, 0.3) is 0 Å². The number of carboxylic acids is 1. The first-order valence-corrected chi connectivity index (χ1v) is 6.31. The number of carboxylic acid groups (broad SMARTS) is 1. The summed E-state index contributed by atoms with van der Waals surface area (Å²) in [6.45, 7) is 0.637. The Morgan fingerprint density at radius 1 is 1.47 bits per heavy atom. The maximum absolute atomic E-state index is 11.1. The minimum atomic E-state index is -0.991. The van der Waals surface area contributed by atoms with E-state index in [0.717, 1.165) is 30.5 Å². The lowest BCUT2D eigenvalue weighted by molar-refractivity contribution is 0.0689. The molecule has 3 rings (SSSR count). The molecule has 19 heavy (non-hydrogen) atoms. The molecule has 0 aromatic carbocycles. The van der Waals surface area contributed by atoms with E-state index in [1.165, 1.54) is 0 Å². The fraction of sp³-hybridized carbons (Fsp3) is 0.385. The van der Waals surface area contributed by atoms with Crippen molar-refractivity contribution in [3.8, 4) is 0 Å². The molecule has 1 aliphatic rings. The van der Waals surface area contributed by atoms with E-state index < -0.39 is 5.97 Å². The maximum Gasteiger partial charge on any atom is 0.358 e. The Labute approximate surface area is 110 Å². The van der Waals surface area contributed by atoms with E-state index in [-0.39, 0.29) is 5.69 Å². The number of aromatic carboxylic acids is 1. The predicted molar refractivity (Wildman–Crippen MR) is 66.9 cm³/mol. The molecule has 0 unspecified atom stereocenters. The molecule has 2 aromatic heterocycles. The second-order valence-corrected chi connectivity index (χ2v) is 4.74. The highest BCUT2D eigenvalue weighted by atomic mass is 16.4. The summed E-state index contributed by atoms with van der Waals surface area (Å²) in [4.78, 5) is 15.2. The van der Waals surface area contributed by atoms with Crippen molar-refractivity contribution in [1.82, 2.24) is 20.0 Å². The van der Waals surface area contributed by atoms with Gasteiger partial charge in [0.2, 0.25) is 0 Å². The van der Waals surface area contributed by atoms with Gasteiger partial charge >= 0.3 is 5.97 Å². The Balaban J connectivity index is 1.79. The molecule has 2 heterocycles.